The third-order valence-electron chi connectivity index (χ3n) is 3.76. The summed E-state index contributed by atoms with van der Waals surface area (Å²) in [6.45, 7) is 5.43. The van der Waals surface area contributed by atoms with Gasteiger partial charge >= 0.3 is 5.97 Å². The highest BCUT2D eigenvalue weighted by Gasteiger charge is 2.27. The summed E-state index contributed by atoms with van der Waals surface area (Å²) in [7, 11) is 0. The van der Waals surface area contributed by atoms with E-state index in [2.05, 4.69) is 15.3 Å². The molecule has 0 aliphatic heterocycles. The van der Waals surface area contributed by atoms with Crippen molar-refractivity contribution in [1.29, 1.82) is 0 Å². The van der Waals surface area contributed by atoms with Gasteiger partial charge < -0.3 is 10.1 Å². The predicted molar refractivity (Wildman–Crippen MR) is 88.3 cm³/mol. The molecule has 1 aromatic rings. The van der Waals surface area contributed by atoms with Crippen molar-refractivity contribution in [2.75, 3.05) is 6.26 Å². The second kappa shape index (κ2) is 7.77. The zero-order valence-electron chi connectivity index (χ0n) is 14.0. The van der Waals surface area contributed by atoms with Crippen molar-refractivity contribution in [2.45, 2.75) is 63.8 Å². The number of hydrogen-bond acceptors (Lipinski definition) is 6. The second-order valence-corrected chi connectivity index (χ2v) is 6.55. The molecule has 23 heavy (non-hydrogen) atoms. The smallest absolute Gasteiger partial charge is 0.306 e. The molecule has 1 fully saturated rings. The van der Waals surface area contributed by atoms with E-state index in [0.717, 1.165) is 34.9 Å². The molecule has 1 amide bonds. The molecule has 1 N–H and O–H groups in total. The molecule has 7 heteroatoms. The molecule has 0 unspecified atom stereocenters. The number of rotatable bonds is 7. The largest absolute Gasteiger partial charge is 0.453 e. The summed E-state index contributed by atoms with van der Waals surface area (Å²) in [6.07, 6.45) is 3.93. The Labute approximate surface area is 140 Å². The first kappa shape index (κ1) is 17.7. The first-order chi connectivity index (χ1) is 10.9. The topological polar surface area (TPSA) is 81.2 Å². The average Bonchev–Trinajstić information content (AvgIpc) is 3.29. The fraction of sp³-hybridized carbons (Fsp3) is 0.625. The van der Waals surface area contributed by atoms with Crippen molar-refractivity contribution in [3.8, 4) is 0 Å². The minimum absolute atomic E-state index is 0.213. The lowest BCUT2D eigenvalue weighted by Gasteiger charge is -2.14. The fourth-order valence-electron chi connectivity index (χ4n) is 2.24. The van der Waals surface area contributed by atoms with E-state index in [0.29, 0.717) is 6.42 Å². The highest BCUT2D eigenvalue weighted by atomic mass is 32.2. The van der Waals surface area contributed by atoms with Crippen LogP contribution in [0.4, 0.5) is 0 Å². The lowest BCUT2D eigenvalue weighted by molar-refractivity contribution is -0.154. The second-order valence-electron chi connectivity index (χ2n) is 5.77. The van der Waals surface area contributed by atoms with Gasteiger partial charge in [0.2, 0.25) is 0 Å². The number of nitrogens with zero attached hydrogens (tertiary/aromatic N) is 2. The molecule has 6 nitrogen and oxygen atoms in total. The number of amides is 1. The molecule has 0 spiro atoms. The minimum atomic E-state index is -0.750. The predicted octanol–water partition coefficient (Wildman–Crippen LogP) is 1.96. The maximum absolute atomic E-state index is 11.9. The van der Waals surface area contributed by atoms with Crippen molar-refractivity contribution >= 4 is 23.6 Å². The van der Waals surface area contributed by atoms with Crippen LogP contribution in [0.1, 0.15) is 43.1 Å². The van der Waals surface area contributed by atoms with Gasteiger partial charge in [-0.3, -0.25) is 9.59 Å². The van der Waals surface area contributed by atoms with Crippen LogP contribution in [0, 0.1) is 13.8 Å². The van der Waals surface area contributed by atoms with Gasteiger partial charge in [0.05, 0.1) is 0 Å². The molecule has 0 saturated heterocycles. The van der Waals surface area contributed by atoms with Crippen molar-refractivity contribution in [3.05, 3.63) is 17.0 Å². The van der Waals surface area contributed by atoms with Crippen LogP contribution in [0.2, 0.25) is 0 Å². The zero-order valence-corrected chi connectivity index (χ0v) is 14.8. The number of nitrogens with one attached hydrogen (secondary N) is 1. The van der Waals surface area contributed by atoms with E-state index in [1.54, 1.807) is 6.92 Å². The van der Waals surface area contributed by atoms with Gasteiger partial charge in [0.15, 0.2) is 11.3 Å². The van der Waals surface area contributed by atoms with Crippen LogP contribution in [-0.4, -0.2) is 40.2 Å². The van der Waals surface area contributed by atoms with Crippen LogP contribution in [0.15, 0.2) is 5.16 Å². The summed E-state index contributed by atoms with van der Waals surface area (Å²) in [5, 5.41) is 3.56. The number of aryl methyl sites for hydroxylation is 2. The number of carbonyl (C=O) groups excluding carboxylic acids is 2. The average molecular weight is 337 g/mol. The third kappa shape index (κ3) is 5.20. The first-order valence-corrected chi connectivity index (χ1v) is 9.01. The minimum Gasteiger partial charge on any atom is -0.453 e. The SMILES string of the molecule is CSc1nc(C)c(CCC(=O)O[C@H](C)C(=O)NC2CC2)c(C)n1. The molecule has 1 atom stereocenters. The van der Waals surface area contributed by atoms with Gasteiger partial charge in [0, 0.05) is 23.9 Å². The zero-order chi connectivity index (χ0) is 17.0. The summed E-state index contributed by atoms with van der Waals surface area (Å²) in [5.41, 5.74) is 2.73. The van der Waals surface area contributed by atoms with Crippen molar-refractivity contribution in [2.24, 2.45) is 0 Å². The Bertz CT molecular complexity index is 579. The number of thioether (sulfide) groups is 1. The monoisotopic (exact) mass is 337 g/mol. The van der Waals surface area contributed by atoms with E-state index in [-0.39, 0.29) is 24.3 Å². The summed E-state index contributed by atoms with van der Waals surface area (Å²) in [5.74, 6) is -0.600. The maximum atomic E-state index is 11.9. The number of ether oxygens (including phenoxy) is 1. The summed E-state index contributed by atoms with van der Waals surface area (Å²) >= 11 is 1.49. The molecule has 2 rings (SSSR count). The van der Waals surface area contributed by atoms with Gasteiger partial charge in [0.1, 0.15) is 0 Å². The molecule has 1 heterocycles. The van der Waals surface area contributed by atoms with Crippen LogP contribution in [-0.2, 0) is 20.7 Å². The Hall–Kier alpha value is -1.63. The highest BCUT2D eigenvalue weighted by Crippen LogP contribution is 2.19. The van der Waals surface area contributed by atoms with E-state index in [4.69, 9.17) is 4.74 Å². The fourth-order valence-corrected chi connectivity index (χ4v) is 2.70. The number of hydrogen-bond donors (Lipinski definition) is 1. The number of esters is 1. The van der Waals surface area contributed by atoms with Gasteiger partial charge in [-0.25, -0.2) is 9.97 Å². The molecule has 0 radical (unpaired) electrons. The Morgan fingerprint density at radius 3 is 2.43 bits per heavy atom. The highest BCUT2D eigenvalue weighted by molar-refractivity contribution is 7.98. The third-order valence-corrected chi connectivity index (χ3v) is 4.31. The molecule has 1 aromatic heterocycles. The molecule has 1 aliphatic rings. The lowest BCUT2D eigenvalue weighted by atomic mass is 10.1. The Balaban J connectivity index is 1.85. The van der Waals surface area contributed by atoms with Crippen LogP contribution in [0.5, 0.6) is 0 Å². The van der Waals surface area contributed by atoms with Crippen LogP contribution < -0.4 is 5.32 Å². The van der Waals surface area contributed by atoms with E-state index in [1.165, 1.54) is 11.8 Å². The molecule has 0 aromatic carbocycles. The lowest BCUT2D eigenvalue weighted by Crippen LogP contribution is -2.37. The van der Waals surface area contributed by atoms with Crippen LogP contribution >= 0.6 is 11.8 Å². The summed E-state index contributed by atoms with van der Waals surface area (Å²) in [6, 6.07) is 0.265. The summed E-state index contributed by atoms with van der Waals surface area (Å²) < 4.78 is 5.19. The van der Waals surface area contributed by atoms with Gasteiger partial charge in [-0.2, -0.15) is 0 Å². The number of carbonyl (C=O) groups is 2. The van der Waals surface area contributed by atoms with E-state index in [1.807, 2.05) is 20.1 Å². The normalized spacial score (nSPS) is 15.1. The van der Waals surface area contributed by atoms with E-state index < -0.39 is 6.10 Å². The van der Waals surface area contributed by atoms with Gasteiger partial charge in [0.25, 0.3) is 5.91 Å². The van der Waals surface area contributed by atoms with Crippen molar-refractivity contribution in [3.63, 3.8) is 0 Å². The molecular weight excluding hydrogens is 314 g/mol. The van der Waals surface area contributed by atoms with Crippen LogP contribution in [0.3, 0.4) is 0 Å². The number of aromatic nitrogens is 2. The van der Waals surface area contributed by atoms with Gasteiger partial charge in [-0.1, -0.05) is 11.8 Å². The van der Waals surface area contributed by atoms with Crippen LogP contribution in [0.25, 0.3) is 0 Å². The molecule has 0 bridgehead atoms. The van der Waals surface area contributed by atoms with E-state index >= 15 is 0 Å². The standard InChI is InChI=1S/C16H23N3O3S/c1-9-13(10(2)18-16(17-9)23-4)7-8-14(20)22-11(3)15(21)19-12-5-6-12/h11-12H,5-8H2,1-4H3,(H,19,21)/t11-/m1/s1. The molecular formula is C16H23N3O3S. The van der Waals surface area contributed by atoms with Crippen molar-refractivity contribution in [1.82, 2.24) is 15.3 Å². The first-order valence-electron chi connectivity index (χ1n) is 7.78. The Kier molecular flexibility index (Phi) is 5.98. The molecule has 1 aliphatic carbocycles. The maximum Gasteiger partial charge on any atom is 0.306 e. The quantitative estimate of drug-likeness (QED) is 0.465. The Morgan fingerprint density at radius 2 is 1.91 bits per heavy atom. The molecule has 126 valence electrons. The van der Waals surface area contributed by atoms with E-state index in [9.17, 15) is 9.59 Å². The summed E-state index contributed by atoms with van der Waals surface area (Å²) in [4.78, 5) is 32.5. The van der Waals surface area contributed by atoms with Crippen molar-refractivity contribution < 1.29 is 14.3 Å². The van der Waals surface area contributed by atoms with Gasteiger partial charge in [-0.05, 0) is 51.9 Å². The van der Waals surface area contributed by atoms with Gasteiger partial charge in [-0.15, -0.1) is 0 Å². The molecule has 1 saturated carbocycles. The Morgan fingerprint density at radius 1 is 1.30 bits per heavy atom.